The first-order chi connectivity index (χ1) is 24.2. The first-order valence-electron chi connectivity index (χ1n) is 15.7. The minimum atomic E-state index is -0.697. The van der Waals surface area contributed by atoms with Crippen molar-refractivity contribution in [2.75, 3.05) is 17.2 Å². The Morgan fingerprint density at radius 2 is 1.54 bits per heavy atom. The van der Waals surface area contributed by atoms with Crippen molar-refractivity contribution in [1.82, 2.24) is 5.32 Å². The van der Waals surface area contributed by atoms with Crippen LogP contribution in [0.4, 0.5) is 17.1 Å². The Balaban J connectivity index is 1.38. The molecule has 3 N–H and O–H groups in total. The predicted molar refractivity (Wildman–Crippen MR) is 196 cm³/mol. The zero-order valence-electron chi connectivity index (χ0n) is 27.3. The fraction of sp³-hybridized carbons (Fsp3) is 0.103. The van der Waals surface area contributed by atoms with Gasteiger partial charge in [-0.2, -0.15) is 0 Å². The van der Waals surface area contributed by atoms with Crippen molar-refractivity contribution in [2.24, 2.45) is 0 Å². The summed E-state index contributed by atoms with van der Waals surface area (Å²) >= 11 is 1.28. The Bertz CT molecular complexity index is 2020. The van der Waals surface area contributed by atoms with Crippen LogP contribution in [0.5, 0.6) is 5.75 Å². The van der Waals surface area contributed by atoms with E-state index in [-0.39, 0.29) is 17.3 Å². The summed E-state index contributed by atoms with van der Waals surface area (Å²) in [4.78, 5) is 51.9. The number of ether oxygens (including phenoxy) is 1. The Labute approximate surface area is 293 Å². The summed E-state index contributed by atoms with van der Waals surface area (Å²) < 4.78 is 5.52. The van der Waals surface area contributed by atoms with E-state index in [2.05, 4.69) is 16.0 Å². The van der Waals surface area contributed by atoms with Gasteiger partial charge in [0, 0.05) is 34.0 Å². The van der Waals surface area contributed by atoms with Gasteiger partial charge in [0.05, 0.1) is 11.5 Å². The number of aryl methyl sites for hydroxylation is 1. The lowest BCUT2D eigenvalue weighted by molar-refractivity contribution is -0.384. The van der Waals surface area contributed by atoms with E-state index in [1.807, 2.05) is 43.3 Å². The van der Waals surface area contributed by atoms with Gasteiger partial charge in [0.25, 0.3) is 17.5 Å². The standard InChI is InChI=1S/C39H34N4O6S/c1-3-49-32-20-17-27(18-21-32)24-35(42-37(44)29-13-8-5-9-14-29)38(45)40-30-15-10-16-33(25-30)50-36(28-11-6-4-7-12-28)39(46)41-34-22-19-31(43(47)48)23-26(34)2/h4-25,36H,3H2,1-2H3,(H,40,45)(H,41,46)(H,42,44)/b35-24+. The highest BCUT2D eigenvalue weighted by atomic mass is 32.2. The van der Waals surface area contributed by atoms with Crippen LogP contribution in [-0.2, 0) is 9.59 Å². The van der Waals surface area contributed by atoms with Crippen molar-refractivity contribution < 1.29 is 24.0 Å². The van der Waals surface area contributed by atoms with Gasteiger partial charge in [0.15, 0.2) is 0 Å². The van der Waals surface area contributed by atoms with Gasteiger partial charge in [-0.3, -0.25) is 24.5 Å². The third kappa shape index (κ3) is 9.45. The first-order valence-corrected chi connectivity index (χ1v) is 16.6. The van der Waals surface area contributed by atoms with Crippen molar-refractivity contribution in [1.29, 1.82) is 0 Å². The number of anilines is 2. The molecule has 0 aromatic heterocycles. The van der Waals surface area contributed by atoms with Crippen molar-refractivity contribution in [3.8, 4) is 5.75 Å². The van der Waals surface area contributed by atoms with Gasteiger partial charge in [0.1, 0.15) is 16.7 Å². The molecular weight excluding hydrogens is 653 g/mol. The summed E-state index contributed by atoms with van der Waals surface area (Å²) in [5, 5.41) is 19.0. The number of thioether (sulfide) groups is 1. The maximum atomic E-state index is 13.7. The maximum Gasteiger partial charge on any atom is 0.272 e. The molecule has 10 nitrogen and oxygen atoms in total. The summed E-state index contributed by atoms with van der Waals surface area (Å²) in [5.41, 5.74) is 3.25. The second-order valence-electron chi connectivity index (χ2n) is 11.0. The molecule has 0 saturated heterocycles. The highest BCUT2D eigenvalue weighted by Gasteiger charge is 2.24. The van der Waals surface area contributed by atoms with Crippen LogP contribution in [0.2, 0.25) is 0 Å². The SMILES string of the molecule is CCOc1ccc(/C=C(/NC(=O)c2ccccc2)C(=O)Nc2cccc(SC(C(=O)Nc3ccc([N+](=O)[O-])cc3C)c3ccccc3)c2)cc1. The van der Waals surface area contributed by atoms with Crippen LogP contribution in [-0.4, -0.2) is 29.3 Å². The third-order valence-corrected chi connectivity index (χ3v) is 8.64. The average Bonchev–Trinajstić information content (AvgIpc) is 3.12. The van der Waals surface area contributed by atoms with Crippen molar-refractivity contribution in [2.45, 2.75) is 24.0 Å². The zero-order chi connectivity index (χ0) is 35.5. The van der Waals surface area contributed by atoms with E-state index in [1.54, 1.807) is 85.8 Å². The van der Waals surface area contributed by atoms with Gasteiger partial charge in [-0.05, 0) is 85.1 Å². The zero-order valence-corrected chi connectivity index (χ0v) is 28.1. The van der Waals surface area contributed by atoms with Crippen LogP contribution in [0.1, 0.15) is 39.2 Å². The monoisotopic (exact) mass is 686 g/mol. The molecular formula is C39H34N4O6S. The molecule has 50 heavy (non-hydrogen) atoms. The largest absolute Gasteiger partial charge is 0.494 e. The molecule has 1 unspecified atom stereocenters. The molecule has 0 aliphatic heterocycles. The van der Waals surface area contributed by atoms with Crippen LogP contribution in [0.25, 0.3) is 6.08 Å². The van der Waals surface area contributed by atoms with Crippen LogP contribution >= 0.6 is 11.8 Å². The highest BCUT2D eigenvalue weighted by molar-refractivity contribution is 8.00. The number of hydrogen-bond acceptors (Lipinski definition) is 7. The Hall–Kier alpha value is -6.20. The highest BCUT2D eigenvalue weighted by Crippen LogP contribution is 2.37. The van der Waals surface area contributed by atoms with E-state index in [0.717, 1.165) is 5.56 Å². The smallest absolute Gasteiger partial charge is 0.272 e. The molecule has 5 aromatic carbocycles. The number of nitrogens with one attached hydrogen (secondary N) is 3. The predicted octanol–water partition coefficient (Wildman–Crippen LogP) is 8.18. The topological polar surface area (TPSA) is 140 Å². The Morgan fingerprint density at radius 1 is 0.840 bits per heavy atom. The fourth-order valence-corrected chi connectivity index (χ4v) is 6.00. The van der Waals surface area contributed by atoms with Gasteiger partial charge in [-0.1, -0.05) is 66.7 Å². The fourth-order valence-electron chi connectivity index (χ4n) is 4.92. The van der Waals surface area contributed by atoms with E-state index in [1.165, 1.54) is 30.0 Å². The summed E-state index contributed by atoms with van der Waals surface area (Å²) in [6.07, 6.45) is 1.58. The quantitative estimate of drug-likeness (QED) is 0.0491. The Kier molecular flexibility index (Phi) is 11.8. The van der Waals surface area contributed by atoms with E-state index in [9.17, 15) is 24.5 Å². The lowest BCUT2D eigenvalue weighted by Gasteiger charge is -2.18. The number of amides is 3. The number of carbonyl (C=O) groups is 3. The van der Waals surface area contributed by atoms with Crippen molar-refractivity contribution in [3.63, 3.8) is 0 Å². The van der Waals surface area contributed by atoms with Gasteiger partial charge in [-0.15, -0.1) is 11.8 Å². The number of hydrogen-bond donors (Lipinski definition) is 3. The molecule has 0 aliphatic rings. The molecule has 252 valence electrons. The summed E-state index contributed by atoms with van der Waals surface area (Å²) in [5.74, 6) is -0.626. The van der Waals surface area contributed by atoms with Crippen LogP contribution in [0.15, 0.2) is 138 Å². The number of nitrogens with zero attached hydrogens (tertiary/aromatic N) is 1. The molecule has 3 amide bonds. The number of benzene rings is 5. The molecule has 0 bridgehead atoms. The van der Waals surface area contributed by atoms with Gasteiger partial charge in [-0.25, -0.2) is 0 Å². The van der Waals surface area contributed by atoms with Crippen LogP contribution in [0.3, 0.4) is 0 Å². The number of rotatable bonds is 13. The average molecular weight is 687 g/mol. The molecule has 5 rings (SSSR count). The van der Waals surface area contributed by atoms with E-state index >= 15 is 0 Å². The van der Waals surface area contributed by atoms with Gasteiger partial charge in [0.2, 0.25) is 5.91 Å². The minimum absolute atomic E-state index is 0.0288. The summed E-state index contributed by atoms with van der Waals surface area (Å²) in [7, 11) is 0. The van der Waals surface area contributed by atoms with Crippen LogP contribution in [0, 0.1) is 17.0 Å². The molecule has 0 saturated carbocycles. The van der Waals surface area contributed by atoms with Crippen molar-refractivity contribution >= 4 is 52.6 Å². The molecule has 0 fully saturated rings. The van der Waals surface area contributed by atoms with Gasteiger partial charge >= 0.3 is 0 Å². The maximum absolute atomic E-state index is 13.7. The molecule has 0 aliphatic carbocycles. The second-order valence-corrected chi connectivity index (χ2v) is 12.2. The lowest BCUT2D eigenvalue weighted by Crippen LogP contribution is -2.30. The molecule has 11 heteroatoms. The number of nitro benzene ring substituents is 1. The Morgan fingerprint density at radius 3 is 2.20 bits per heavy atom. The summed E-state index contributed by atoms with van der Waals surface area (Å²) in [6, 6.07) is 36.3. The molecule has 1 atom stereocenters. The number of non-ortho nitro benzene ring substituents is 1. The lowest BCUT2D eigenvalue weighted by atomic mass is 10.1. The van der Waals surface area contributed by atoms with E-state index < -0.39 is 22.0 Å². The number of carbonyl (C=O) groups excluding carboxylic acids is 3. The minimum Gasteiger partial charge on any atom is -0.494 e. The van der Waals surface area contributed by atoms with Gasteiger partial charge < -0.3 is 20.7 Å². The van der Waals surface area contributed by atoms with E-state index in [4.69, 9.17) is 4.74 Å². The van der Waals surface area contributed by atoms with Crippen molar-refractivity contribution in [3.05, 3.63) is 165 Å². The molecule has 0 heterocycles. The second kappa shape index (κ2) is 16.8. The first kappa shape index (κ1) is 35.1. The van der Waals surface area contributed by atoms with E-state index in [0.29, 0.717) is 45.3 Å². The third-order valence-electron chi connectivity index (χ3n) is 7.40. The van der Waals surface area contributed by atoms with Crippen LogP contribution < -0.4 is 20.7 Å². The molecule has 0 spiro atoms. The summed E-state index contributed by atoms with van der Waals surface area (Å²) in [6.45, 7) is 4.10. The normalized spacial score (nSPS) is 11.6. The molecule has 0 radical (unpaired) electrons. The molecule has 5 aromatic rings. The number of nitro groups is 1.